The van der Waals surface area contributed by atoms with Crippen LogP contribution in [-0.2, 0) is 21.4 Å². The number of rotatable bonds is 9. The zero-order valence-electron chi connectivity index (χ0n) is 18.1. The molecule has 10 heteroatoms. The quantitative estimate of drug-likeness (QED) is 0.381. The van der Waals surface area contributed by atoms with Gasteiger partial charge in [-0.3, -0.25) is 4.79 Å². The highest BCUT2D eigenvalue weighted by Crippen LogP contribution is 2.37. The number of carbonyl (C=O) groups excluding carboxylic acids is 1. The van der Waals surface area contributed by atoms with Crippen LogP contribution < -0.4 is 25.2 Å². The van der Waals surface area contributed by atoms with Crippen LogP contribution in [0.2, 0.25) is 0 Å². The molecule has 0 radical (unpaired) electrons. The Bertz CT molecular complexity index is 1230. The maximum atomic E-state index is 12.2. The van der Waals surface area contributed by atoms with Crippen molar-refractivity contribution in [2.75, 3.05) is 24.4 Å². The standard InChI is InChI=1S/C23H24BrN3O5S/c1-15-3-5-18(6-4-15)27-22(28)14-32-23-20(24)11-16(12-21(23)31-2)13-26-17-7-9-19(10-8-17)33(25,29)30/h3-12,26H,13-14H2,1-2H3,(H,27,28)(H2,25,29,30). The molecule has 3 aromatic carbocycles. The Kier molecular flexibility index (Phi) is 7.96. The smallest absolute Gasteiger partial charge is 0.262 e. The topological polar surface area (TPSA) is 120 Å². The van der Waals surface area contributed by atoms with Gasteiger partial charge in [0.2, 0.25) is 10.0 Å². The van der Waals surface area contributed by atoms with Crippen LogP contribution in [0.4, 0.5) is 11.4 Å². The number of amides is 1. The van der Waals surface area contributed by atoms with Crippen molar-refractivity contribution in [3.63, 3.8) is 0 Å². The summed E-state index contributed by atoms with van der Waals surface area (Å²) in [6, 6.07) is 17.3. The molecule has 0 atom stereocenters. The molecule has 1 amide bonds. The van der Waals surface area contributed by atoms with Crippen LogP contribution in [0.15, 0.2) is 70.0 Å². The van der Waals surface area contributed by atoms with Gasteiger partial charge in [-0.25, -0.2) is 13.6 Å². The number of primary sulfonamides is 1. The lowest BCUT2D eigenvalue weighted by Crippen LogP contribution is -2.20. The summed E-state index contributed by atoms with van der Waals surface area (Å²) in [5.41, 5.74) is 3.41. The van der Waals surface area contributed by atoms with Gasteiger partial charge in [0.15, 0.2) is 18.1 Å². The SMILES string of the molecule is COc1cc(CNc2ccc(S(N)(=O)=O)cc2)cc(Br)c1OCC(=O)Nc1ccc(C)cc1. The molecule has 3 aromatic rings. The van der Waals surface area contributed by atoms with Crippen molar-refractivity contribution in [3.8, 4) is 11.5 Å². The number of sulfonamides is 1. The number of hydrogen-bond donors (Lipinski definition) is 3. The second-order valence-corrected chi connectivity index (χ2v) is 9.65. The first-order chi connectivity index (χ1) is 15.7. The first kappa shape index (κ1) is 24.6. The zero-order valence-corrected chi connectivity index (χ0v) is 20.5. The van der Waals surface area contributed by atoms with E-state index in [0.717, 1.165) is 16.8 Å². The summed E-state index contributed by atoms with van der Waals surface area (Å²) in [6.45, 7) is 2.23. The molecule has 174 valence electrons. The monoisotopic (exact) mass is 533 g/mol. The molecule has 0 bridgehead atoms. The number of carbonyl (C=O) groups is 1. The van der Waals surface area contributed by atoms with Crippen LogP contribution in [0.1, 0.15) is 11.1 Å². The third-order valence-corrected chi connectivity index (χ3v) is 6.17. The molecule has 0 saturated carbocycles. The molecule has 4 N–H and O–H groups in total. The van der Waals surface area contributed by atoms with Gasteiger partial charge >= 0.3 is 0 Å². The van der Waals surface area contributed by atoms with E-state index in [1.165, 1.54) is 19.2 Å². The highest BCUT2D eigenvalue weighted by atomic mass is 79.9. The van der Waals surface area contributed by atoms with Gasteiger partial charge in [0.1, 0.15) is 0 Å². The number of benzene rings is 3. The normalized spacial score (nSPS) is 11.0. The largest absolute Gasteiger partial charge is 0.493 e. The van der Waals surface area contributed by atoms with Crippen molar-refractivity contribution in [1.29, 1.82) is 0 Å². The van der Waals surface area contributed by atoms with Crippen LogP contribution in [0.3, 0.4) is 0 Å². The summed E-state index contributed by atoms with van der Waals surface area (Å²) < 4.78 is 34.5. The number of ether oxygens (including phenoxy) is 2. The van der Waals surface area contributed by atoms with Crippen molar-refractivity contribution in [2.24, 2.45) is 5.14 Å². The van der Waals surface area contributed by atoms with Crippen LogP contribution in [-0.4, -0.2) is 28.0 Å². The lowest BCUT2D eigenvalue weighted by Gasteiger charge is -2.15. The van der Waals surface area contributed by atoms with Crippen molar-refractivity contribution in [3.05, 3.63) is 76.3 Å². The molecule has 0 spiro atoms. The molecule has 0 saturated heterocycles. The van der Waals surface area contributed by atoms with Gasteiger partial charge in [0.25, 0.3) is 5.91 Å². The van der Waals surface area contributed by atoms with E-state index in [0.29, 0.717) is 28.2 Å². The fraction of sp³-hybridized carbons (Fsp3) is 0.174. The molecule has 33 heavy (non-hydrogen) atoms. The van der Waals surface area contributed by atoms with E-state index in [4.69, 9.17) is 14.6 Å². The Labute approximate surface area is 201 Å². The van der Waals surface area contributed by atoms with E-state index < -0.39 is 10.0 Å². The van der Waals surface area contributed by atoms with Crippen molar-refractivity contribution in [1.82, 2.24) is 0 Å². The fourth-order valence-corrected chi connectivity index (χ4v) is 4.07. The molecule has 3 rings (SSSR count). The van der Waals surface area contributed by atoms with Gasteiger partial charge in [-0.15, -0.1) is 0 Å². The van der Waals surface area contributed by atoms with Crippen molar-refractivity contribution < 1.29 is 22.7 Å². The van der Waals surface area contributed by atoms with Crippen LogP contribution in [0, 0.1) is 6.92 Å². The van der Waals surface area contributed by atoms with E-state index >= 15 is 0 Å². The molecular formula is C23H24BrN3O5S. The number of nitrogens with one attached hydrogen (secondary N) is 2. The summed E-state index contributed by atoms with van der Waals surface area (Å²) in [5, 5.41) is 11.1. The van der Waals surface area contributed by atoms with Gasteiger partial charge in [-0.05, 0) is 76.9 Å². The molecule has 0 aromatic heterocycles. The minimum Gasteiger partial charge on any atom is -0.493 e. The molecule has 8 nitrogen and oxygen atoms in total. The Morgan fingerprint density at radius 2 is 1.67 bits per heavy atom. The van der Waals surface area contributed by atoms with E-state index in [9.17, 15) is 13.2 Å². The average molecular weight is 534 g/mol. The molecule has 0 aliphatic carbocycles. The first-order valence-corrected chi connectivity index (χ1v) is 12.2. The summed E-state index contributed by atoms with van der Waals surface area (Å²) in [7, 11) is -2.21. The Morgan fingerprint density at radius 1 is 1.03 bits per heavy atom. The second-order valence-electron chi connectivity index (χ2n) is 7.23. The van der Waals surface area contributed by atoms with E-state index in [1.54, 1.807) is 18.2 Å². The summed E-state index contributed by atoms with van der Waals surface area (Å²) in [5.74, 6) is 0.591. The minimum atomic E-state index is -3.73. The van der Waals surface area contributed by atoms with Gasteiger partial charge in [0, 0.05) is 17.9 Å². The Hall–Kier alpha value is -3.08. The van der Waals surface area contributed by atoms with Gasteiger partial charge in [-0.2, -0.15) is 0 Å². The number of aryl methyl sites for hydroxylation is 1. The second kappa shape index (κ2) is 10.7. The van der Waals surface area contributed by atoms with Crippen LogP contribution in [0.5, 0.6) is 11.5 Å². The van der Waals surface area contributed by atoms with Crippen LogP contribution >= 0.6 is 15.9 Å². The maximum Gasteiger partial charge on any atom is 0.262 e. The summed E-state index contributed by atoms with van der Waals surface area (Å²) in [4.78, 5) is 12.3. The highest BCUT2D eigenvalue weighted by molar-refractivity contribution is 9.10. The van der Waals surface area contributed by atoms with E-state index in [1.807, 2.05) is 37.3 Å². The predicted octanol–water partition coefficient (Wildman–Crippen LogP) is 4.04. The molecule has 0 aliphatic heterocycles. The summed E-state index contributed by atoms with van der Waals surface area (Å²) >= 11 is 3.48. The number of nitrogens with two attached hydrogens (primary N) is 1. The molecular weight excluding hydrogens is 510 g/mol. The van der Waals surface area contributed by atoms with Crippen molar-refractivity contribution >= 4 is 43.2 Å². The van der Waals surface area contributed by atoms with E-state index in [-0.39, 0.29) is 17.4 Å². The summed E-state index contributed by atoms with van der Waals surface area (Å²) in [6.07, 6.45) is 0. The van der Waals surface area contributed by atoms with E-state index in [2.05, 4.69) is 26.6 Å². The number of methoxy groups -OCH3 is 1. The first-order valence-electron chi connectivity index (χ1n) is 9.88. The number of hydrogen-bond acceptors (Lipinski definition) is 6. The third kappa shape index (κ3) is 6.95. The molecule has 0 fully saturated rings. The van der Waals surface area contributed by atoms with Crippen LogP contribution in [0.25, 0.3) is 0 Å². The highest BCUT2D eigenvalue weighted by Gasteiger charge is 2.14. The number of halogens is 1. The fourth-order valence-electron chi connectivity index (χ4n) is 2.95. The molecule has 0 aliphatic rings. The predicted molar refractivity (Wildman–Crippen MR) is 131 cm³/mol. The average Bonchev–Trinajstić information content (AvgIpc) is 2.77. The van der Waals surface area contributed by atoms with Gasteiger partial charge < -0.3 is 20.1 Å². The Morgan fingerprint density at radius 3 is 2.27 bits per heavy atom. The maximum absolute atomic E-state index is 12.2. The van der Waals surface area contributed by atoms with Gasteiger partial charge in [0.05, 0.1) is 16.5 Å². The minimum absolute atomic E-state index is 0.0466. The van der Waals surface area contributed by atoms with Gasteiger partial charge in [-0.1, -0.05) is 17.7 Å². The molecule has 0 heterocycles. The zero-order chi connectivity index (χ0) is 24.0. The number of anilines is 2. The third-order valence-electron chi connectivity index (χ3n) is 4.65. The lowest BCUT2D eigenvalue weighted by atomic mass is 10.2. The molecule has 0 unspecified atom stereocenters. The Balaban J connectivity index is 1.62. The lowest BCUT2D eigenvalue weighted by molar-refractivity contribution is -0.118. The van der Waals surface area contributed by atoms with Crippen molar-refractivity contribution in [2.45, 2.75) is 18.4 Å².